The van der Waals surface area contributed by atoms with E-state index in [0.717, 1.165) is 15.8 Å². The Labute approximate surface area is 161 Å². The van der Waals surface area contributed by atoms with Gasteiger partial charge in [-0.2, -0.15) is 9.78 Å². The van der Waals surface area contributed by atoms with Gasteiger partial charge in [0.1, 0.15) is 18.2 Å². The number of anilines is 1. The van der Waals surface area contributed by atoms with E-state index in [2.05, 4.69) is 5.10 Å². The summed E-state index contributed by atoms with van der Waals surface area (Å²) in [4.78, 5) is 12.0. The van der Waals surface area contributed by atoms with Crippen molar-refractivity contribution in [3.63, 3.8) is 0 Å². The highest BCUT2D eigenvalue weighted by Gasteiger charge is 2.06. The number of aryl methyl sites for hydroxylation is 1. The predicted molar refractivity (Wildman–Crippen MR) is 107 cm³/mol. The van der Waals surface area contributed by atoms with Crippen molar-refractivity contribution in [1.29, 1.82) is 0 Å². The quantitative estimate of drug-likeness (QED) is 0.664. The molecular formula is C21H20FN3O3. The van der Waals surface area contributed by atoms with Gasteiger partial charge < -0.3 is 15.2 Å². The Balaban J connectivity index is 1.77. The Morgan fingerprint density at radius 2 is 1.86 bits per heavy atom. The summed E-state index contributed by atoms with van der Waals surface area (Å²) in [5.74, 6) is 1.01. The molecule has 0 unspecified atom stereocenters. The van der Waals surface area contributed by atoms with Gasteiger partial charge in [0, 0.05) is 6.07 Å². The number of hydrogen-bond donors (Lipinski definition) is 1. The number of nitrogens with zero attached hydrogens (tertiary/aromatic N) is 2. The number of hydrogen-bond acceptors (Lipinski definition) is 5. The lowest BCUT2D eigenvalue weighted by Crippen LogP contribution is -2.19. The Morgan fingerprint density at radius 3 is 2.54 bits per heavy atom. The summed E-state index contributed by atoms with van der Waals surface area (Å²) >= 11 is 0. The summed E-state index contributed by atoms with van der Waals surface area (Å²) in [5.41, 5.74) is 7.87. The molecule has 0 saturated heterocycles. The highest BCUT2D eigenvalue weighted by atomic mass is 19.1. The molecule has 0 aliphatic carbocycles. The first kappa shape index (κ1) is 19.2. The van der Waals surface area contributed by atoms with Gasteiger partial charge in [0.25, 0.3) is 5.56 Å². The molecule has 0 spiro atoms. The smallest absolute Gasteiger partial charge is 0.273 e. The maximum absolute atomic E-state index is 13.0. The molecule has 7 heteroatoms. The number of rotatable bonds is 6. The molecule has 1 heterocycles. The van der Waals surface area contributed by atoms with E-state index < -0.39 is 0 Å². The molecule has 28 heavy (non-hydrogen) atoms. The van der Waals surface area contributed by atoms with Crippen LogP contribution in [0, 0.1) is 12.7 Å². The molecule has 1 aromatic heterocycles. The Kier molecular flexibility index (Phi) is 5.74. The lowest BCUT2D eigenvalue weighted by Gasteiger charge is -2.11. The zero-order valence-corrected chi connectivity index (χ0v) is 15.6. The fourth-order valence-electron chi connectivity index (χ4n) is 2.59. The molecule has 144 valence electrons. The van der Waals surface area contributed by atoms with Crippen LogP contribution in [-0.4, -0.2) is 18.0 Å². The molecular weight excluding hydrogens is 361 g/mol. The molecule has 2 N–H and O–H groups in total. The molecule has 0 aliphatic rings. The lowest BCUT2D eigenvalue weighted by atomic mass is 10.2. The number of benzene rings is 2. The van der Waals surface area contributed by atoms with Gasteiger partial charge in [0.05, 0.1) is 13.3 Å². The number of methoxy groups -OCH3 is 1. The van der Waals surface area contributed by atoms with Crippen molar-refractivity contribution in [1.82, 2.24) is 4.68 Å². The molecule has 3 aromatic rings. The normalized spacial score (nSPS) is 11.0. The third-order valence-corrected chi connectivity index (χ3v) is 4.00. The summed E-state index contributed by atoms with van der Waals surface area (Å²) in [5, 5.41) is 4.15. The first-order valence-electron chi connectivity index (χ1n) is 8.55. The van der Waals surface area contributed by atoms with E-state index in [1.165, 1.54) is 31.5 Å². The van der Waals surface area contributed by atoms with Gasteiger partial charge in [0.15, 0.2) is 11.5 Å². The second kappa shape index (κ2) is 8.39. The Hall–Kier alpha value is -3.61. The molecule has 0 fully saturated rings. The maximum atomic E-state index is 13.0. The number of aromatic nitrogens is 1. The number of halogens is 1. The third-order valence-electron chi connectivity index (χ3n) is 4.00. The van der Waals surface area contributed by atoms with Crippen LogP contribution in [0.3, 0.4) is 0 Å². The number of ether oxygens (including phenoxy) is 2. The second-order valence-corrected chi connectivity index (χ2v) is 6.18. The Morgan fingerprint density at radius 1 is 1.11 bits per heavy atom. The molecule has 0 atom stereocenters. The minimum atomic E-state index is -0.306. The summed E-state index contributed by atoms with van der Waals surface area (Å²) in [6.45, 7) is 2.07. The molecule has 2 aromatic carbocycles. The molecule has 0 radical (unpaired) electrons. The van der Waals surface area contributed by atoms with Crippen LogP contribution in [0.4, 0.5) is 10.2 Å². The van der Waals surface area contributed by atoms with Crippen molar-refractivity contribution in [3.8, 4) is 11.5 Å². The van der Waals surface area contributed by atoms with E-state index in [1.807, 2.05) is 0 Å². The average Bonchev–Trinajstić information content (AvgIpc) is 2.67. The van der Waals surface area contributed by atoms with Gasteiger partial charge in [-0.15, -0.1) is 0 Å². The molecule has 6 nitrogen and oxygen atoms in total. The van der Waals surface area contributed by atoms with E-state index >= 15 is 0 Å². The van der Waals surface area contributed by atoms with Crippen LogP contribution < -0.4 is 20.8 Å². The maximum Gasteiger partial charge on any atom is 0.273 e. The monoisotopic (exact) mass is 381 g/mol. The first-order chi connectivity index (χ1) is 13.5. The molecule has 0 bridgehead atoms. The van der Waals surface area contributed by atoms with E-state index in [1.54, 1.807) is 43.3 Å². The predicted octanol–water partition coefficient (Wildman–Crippen LogP) is 3.35. The Bertz CT molecular complexity index is 1060. The lowest BCUT2D eigenvalue weighted by molar-refractivity contribution is 0.284. The molecule has 0 amide bonds. The van der Waals surface area contributed by atoms with Crippen molar-refractivity contribution < 1.29 is 13.9 Å². The van der Waals surface area contributed by atoms with E-state index in [0.29, 0.717) is 17.1 Å². The highest BCUT2D eigenvalue weighted by molar-refractivity contribution is 5.81. The highest BCUT2D eigenvalue weighted by Crippen LogP contribution is 2.28. The van der Waals surface area contributed by atoms with Crippen LogP contribution in [0.25, 0.3) is 0 Å². The van der Waals surface area contributed by atoms with E-state index in [9.17, 15) is 9.18 Å². The standard InChI is InChI=1S/C21H20FN3O3/c1-14-9-20(23)25(21(26)10-14)24-12-16-5-8-18(19(11-16)27-2)28-13-15-3-6-17(22)7-4-15/h3-12H,13,23H2,1-2H3. The first-order valence-corrected chi connectivity index (χ1v) is 8.55. The van der Waals surface area contributed by atoms with Crippen LogP contribution in [0.15, 0.2) is 64.5 Å². The van der Waals surface area contributed by atoms with Gasteiger partial charge in [-0.25, -0.2) is 4.39 Å². The zero-order valence-electron chi connectivity index (χ0n) is 15.6. The third kappa shape index (κ3) is 4.56. The number of pyridine rings is 1. The summed E-state index contributed by atoms with van der Waals surface area (Å²) < 4.78 is 25.2. The van der Waals surface area contributed by atoms with E-state index in [-0.39, 0.29) is 23.8 Å². The van der Waals surface area contributed by atoms with Crippen molar-refractivity contribution in [2.75, 3.05) is 12.8 Å². The summed E-state index contributed by atoms with van der Waals surface area (Å²) in [6, 6.07) is 14.5. The topological polar surface area (TPSA) is 78.8 Å². The van der Waals surface area contributed by atoms with Crippen LogP contribution >= 0.6 is 0 Å². The van der Waals surface area contributed by atoms with Crippen molar-refractivity contribution in [2.24, 2.45) is 5.10 Å². The minimum Gasteiger partial charge on any atom is -0.493 e. The van der Waals surface area contributed by atoms with Gasteiger partial charge in [-0.3, -0.25) is 4.79 Å². The number of nitrogens with two attached hydrogens (primary N) is 1. The summed E-state index contributed by atoms with van der Waals surface area (Å²) in [6.07, 6.45) is 1.51. The van der Waals surface area contributed by atoms with Gasteiger partial charge in [-0.1, -0.05) is 12.1 Å². The van der Waals surface area contributed by atoms with Crippen molar-refractivity contribution >= 4 is 12.0 Å². The minimum absolute atomic E-state index is 0.257. The fourth-order valence-corrected chi connectivity index (χ4v) is 2.59. The molecule has 0 saturated carbocycles. The largest absolute Gasteiger partial charge is 0.493 e. The second-order valence-electron chi connectivity index (χ2n) is 6.18. The van der Waals surface area contributed by atoms with Crippen molar-refractivity contribution in [2.45, 2.75) is 13.5 Å². The fraction of sp³-hybridized carbons (Fsp3) is 0.143. The van der Waals surface area contributed by atoms with Gasteiger partial charge >= 0.3 is 0 Å². The van der Waals surface area contributed by atoms with Crippen LogP contribution in [-0.2, 0) is 6.61 Å². The summed E-state index contributed by atoms with van der Waals surface area (Å²) in [7, 11) is 1.53. The van der Waals surface area contributed by atoms with E-state index in [4.69, 9.17) is 15.2 Å². The zero-order chi connectivity index (χ0) is 20.1. The number of nitrogen functional groups attached to an aromatic ring is 1. The van der Waals surface area contributed by atoms with Crippen LogP contribution in [0.2, 0.25) is 0 Å². The molecule has 3 rings (SSSR count). The average molecular weight is 381 g/mol. The van der Waals surface area contributed by atoms with Gasteiger partial charge in [0.2, 0.25) is 0 Å². The molecule has 0 aliphatic heterocycles. The van der Waals surface area contributed by atoms with Crippen LogP contribution in [0.1, 0.15) is 16.7 Å². The van der Waals surface area contributed by atoms with Crippen molar-refractivity contribution in [3.05, 3.63) is 87.5 Å². The SMILES string of the molecule is COc1cc(C=Nn2c(N)cc(C)cc2=O)ccc1OCc1ccc(F)cc1. The van der Waals surface area contributed by atoms with Crippen LogP contribution in [0.5, 0.6) is 11.5 Å². The van der Waals surface area contributed by atoms with Gasteiger partial charge in [-0.05, 0) is 60.0 Å².